The van der Waals surface area contributed by atoms with Crippen molar-refractivity contribution in [3.05, 3.63) is 33.8 Å². The van der Waals surface area contributed by atoms with Gasteiger partial charge in [0.2, 0.25) is 0 Å². The Morgan fingerprint density at radius 2 is 2.32 bits per heavy atom. The summed E-state index contributed by atoms with van der Waals surface area (Å²) in [5.74, 6) is -0.806. The number of carbonyl (C=O) groups is 1. The minimum absolute atomic E-state index is 0.0462. The van der Waals surface area contributed by atoms with Crippen LogP contribution in [-0.2, 0) is 16.1 Å². The third kappa shape index (κ3) is 5.05. The van der Waals surface area contributed by atoms with E-state index in [-0.39, 0.29) is 12.6 Å². The summed E-state index contributed by atoms with van der Waals surface area (Å²) in [7, 11) is 1.81. The number of likely N-dealkylation sites (N-methyl/N-ethyl adjacent to an activating group) is 1. The van der Waals surface area contributed by atoms with Crippen LogP contribution in [0.4, 0.5) is 0 Å². The molecule has 1 atom stereocenters. The summed E-state index contributed by atoms with van der Waals surface area (Å²) >= 11 is 3.57. The Labute approximate surface area is 140 Å². The number of carboxylic acid groups (broad SMARTS) is 1. The molecule has 0 spiro atoms. The summed E-state index contributed by atoms with van der Waals surface area (Å²) in [4.78, 5) is 14.9. The van der Waals surface area contributed by atoms with E-state index in [9.17, 15) is 4.79 Å². The van der Waals surface area contributed by atoms with Crippen molar-refractivity contribution < 1.29 is 14.6 Å². The van der Waals surface area contributed by atoms with E-state index in [1.165, 1.54) is 11.1 Å². The van der Waals surface area contributed by atoms with E-state index in [2.05, 4.69) is 46.0 Å². The van der Waals surface area contributed by atoms with Crippen LogP contribution in [0.25, 0.3) is 0 Å². The van der Waals surface area contributed by atoms with Gasteiger partial charge in [-0.2, -0.15) is 0 Å². The number of ether oxygens (including phenoxy) is 1. The maximum Gasteiger partial charge on any atom is 0.317 e. The van der Waals surface area contributed by atoms with E-state index in [0.29, 0.717) is 13.2 Å². The number of rotatable bonds is 6. The predicted octanol–water partition coefficient (Wildman–Crippen LogP) is 1.97. The summed E-state index contributed by atoms with van der Waals surface area (Å²) in [5, 5.41) is 8.82. The van der Waals surface area contributed by atoms with Crippen molar-refractivity contribution in [3.8, 4) is 0 Å². The average Bonchev–Trinajstić information content (AvgIpc) is 2.43. The van der Waals surface area contributed by atoms with Crippen LogP contribution in [-0.4, -0.2) is 66.8 Å². The highest BCUT2D eigenvalue weighted by Gasteiger charge is 2.22. The number of carboxylic acids is 1. The lowest BCUT2D eigenvalue weighted by atomic mass is 10.1. The topological polar surface area (TPSA) is 53.0 Å². The minimum Gasteiger partial charge on any atom is -0.480 e. The number of morpholine rings is 1. The van der Waals surface area contributed by atoms with Crippen LogP contribution in [0.2, 0.25) is 0 Å². The Hall–Kier alpha value is -0.950. The van der Waals surface area contributed by atoms with Gasteiger partial charge < -0.3 is 9.84 Å². The molecule has 1 unspecified atom stereocenters. The molecule has 0 bridgehead atoms. The lowest BCUT2D eigenvalue weighted by molar-refractivity contribution is -0.138. The Kier molecular flexibility index (Phi) is 6.37. The first-order valence-electron chi connectivity index (χ1n) is 7.44. The van der Waals surface area contributed by atoms with Crippen LogP contribution in [0, 0.1) is 6.92 Å². The van der Waals surface area contributed by atoms with Crippen molar-refractivity contribution in [2.45, 2.75) is 19.6 Å². The maximum absolute atomic E-state index is 10.7. The van der Waals surface area contributed by atoms with Gasteiger partial charge in [0, 0.05) is 30.7 Å². The highest BCUT2D eigenvalue weighted by atomic mass is 79.9. The highest BCUT2D eigenvalue weighted by Crippen LogP contribution is 2.21. The van der Waals surface area contributed by atoms with E-state index in [1.54, 1.807) is 4.90 Å². The fourth-order valence-corrected chi connectivity index (χ4v) is 3.15. The van der Waals surface area contributed by atoms with Gasteiger partial charge in [-0.25, -0.2) is 0 Å². The summed E-state index contributed by atoms with van der Waals surface area (Å²) in [6.45, 7) is 6.14. The van der Waals surface area contributed by atoms with Crippen LogP contribution in [0.5, 0.6) is 0 Å². The van der Waals surface area contributed by atoms with Gasteiger partial charge in [-0.3, -0.25) is 14.6 Å². The van der Waals surface area contributed by atoms with Gasteiger partial charge in [-0.1, -0.05) is 28.1 Å². The molecule has 1 aromatic rings. The standard InChI is InChI=1S/C16H23BrN2O3/c1-12-13(4-3-5-15(12)17)8-19-6-7-22-14(10-19)9-18(2)11-16(20)21/h3-5,14H,6-11H2,1-2H3,(H,20,21). The second-order valence-electron chi connectivity index (χ2n) is 5.84. The molecule has 2 rings (SSSR count). The zero-order chi connectivity index (χ0) is 16.1. The van der Waals surface area contributed by atoms with E-state index < -0.39 is 5.97 Å². The fraction of sp³-hybridized carbons (Fsp3) is 0.562. The molecule has 1 heterocycles. The molecule has 0 aliphatic carbocycles. The summed E-state index contributed by atoms with van der Waals surface area (Å²) in [6, 6.07) is 6.27. The molecule has 1 aliphatic rings. The first kappa shape index (κ1) is 17.4. The first-order chi connectivity index (χ1) is 10.5. The Bertz CT molecular complexity index is 524. The zero-order valence-corrected chi connectivity index (χ0v) is 14.7. The van der Waals surface area contributed by atoms with Crippen molar-refractivity contribution in [1.29, 1.82) is 0 Å². The molecule has 122 valence electrons. The molecular formula is C16H23BrN2O3. The lowest BCUT2D eigenvalue weighted by Crippen LogP contribution is -2.47. The summed E-state index contributed by atoms with van der Waals surface area (Å²) < 4.78 is 6.90. The van der Waals surface area contributed by atoms with E-state index in [1.807, 2.05) is 7.05 Å². The average molecular weight is 371 g/mol. The second kappa shape index (κ2) is 8.06. The monoisotopic (exact) mass is 370 g/mol. The fourth-order valence-electron chi connectivity index (χ4n) is 2.74. The third-order valence-corrected chi connectivity index (χ3v) is 4.78. The Balaban J connectivity index is 1.90. The van der Waals surface area contributed by atoms with Gasteiger partial charge in [-0.15, -0.1) is 0 Å². The van der Waals surface area contributed by atoms with Crippen molar-refractivity contribution in [1.82, 2.24) is 9.80 Å². The van der Waals surface area contributed by atoms with Crippen LogP contribution < -0.4 is 0 Å². The maximum atomic E-state index is 10.7. The molecule has 0 radical (unpaired) electrons. The molecule has 1 saturated heterocycles. The summed E-state index contributed by atoms with van der Waals surface area (Å²) in [6.07, 6.45) is 0.0607. The zero-order valence-electron chi connectivity index (χ0n) is 13.1. The second-order valence-corrected chi connectivity index (χ2v) is 6.70. The molecule has 1 aromatic carbocycles. The smallest absolute Gasteiger partial charge is 0.317 e. The van der Waals surface area contributed by atoms with Crippen LogP contribution >= 0.6 is 15.9 Å². The van der Waals surface area contributed by atoms with Gasteiger partial charge in [0.15, 0.2) is 0 Å². The predicted molar refractivity (Wildman–Crippen MR) is 89.0 cm³/mol. The van der Waals surface area contributed by atoms with Crippen molar-refractivity contribution >= 4 is 21.9 Å². The molecule has 0 aromatic heterocycles. The molecule has 1 aliphatic heterocycles. The van der Waals surface area contributed by atoms with Crippen LogP contribution in [0.15, 0.2) is 22.7 Å². The highest BCUT2D eigenvalue weighted by molar-refractivity contribution is 9.10. The van der Waals surface area contributed by atoms with E-state index >= 15 is 0 Å². The summed E-state index contributed by atoms with van der Waals surface area (Å²) in [5.41, 5.74) is 2.59. The molecular weight excluding hydrogens is 348 g/mol. The molecule has 1 N–H and O–H groups in total. The molecule has 22 heavy (non-hydrogen) atoms. The van der Waals surface area contributed by atoms with Gasteiger partial charge in [-0.05, 0) is 31.2 Å². The van der Waals surface area contributed by atoms with Gasteiger partial charge in [0.05, 0.1) is 19.3 Å². The van der Waals surface area contributed by atoms with Crippen molar-refractivity contribution in [2.75, 3.05) is 39.8 Å². The number of nitrogens with zero attached hydrogens (tertiary/aromatic N) is 2. The molecule has 0 amide bonds. The van der Waals surface area contributed by atoms with Crippen molar-refractivity contribution in [2.24, 2.45) is 0 Å². The molecule has 0 saturated carbocycles. The minimum atomic E-state index is -0.806. The van der Waals surface area contributed by atoms with Gasteiger partial charge in [0.25, 0.3) is 0 Å². The third-order valence-electron chi connectivity index (χ3n) is 3.92. The van der Waals surface area contributed by atoms with Crippen LogP contribution in [0.1, 0.15) is 11.1 Å². The Morgan fingerprint density at radius 3 is 3.05 bits per heavy atom. The molecule has 6 heteroatoms. The normalized spacial score (nSPS) is 19.5. The van der Waals surface area contributed by atoms with Gasteiger partial charge >= 0.3 is 5.97 Å². The quantitative estimate of drug-likeness (QED) is 0.829. The number of aliphatic carboxylic acids is 1. The van der Waals surface area contributed by atoms with E-state index in [0.717, 1.165) is 24.1 Å². The first-order valence-corrected chi connectivity index (χ1v) is 8.23. The van der Waals surface area contributed by atoms with Crippen LogP contribution in [0.3, 0.4) is 0 Å². The van der Waals surface area contributed by atoms with Gasteiger partial charge in [0.1, 0.15) is 0 Å². The van der Waals surface area contributed by atoms with E-state index in [4.69, 9.17) is 9.84 Å². The number of hydrogen-bond donors (Lipinski definition) is 1. The number of halogens is 1. The molecule has 1 fully saturated rings. The SMILES string of the molecule is Cc1c(Br)cccc1CN1CCOC(CN(C)CC(=O)O)C1. The molecule has 5 nitrogen and oxygen atoms in total. The lowest BCUT2D eigenvalue weighted by Gasteiger charge is -2.34. The number of benzene rings is 1. The Morgan fingerprint density at radius 1 is 1.55 bits per heavy atom. The number of hydrogen-bond acceptors (Lipinski definition) is 4. The van der Waals surface area contributed by atoms with Crippen molar-refractivity contribution in [3.63, 3.8) is 0 Å². The largest absolute Gasteiger partial charge is 0.480 e.